The van der Waals surface area contributed by atoms with Crippen LogP contribution in [0.2, 0.25) is 0 Å². The molecule has 4 nitrogen and oxygen atoms in total. The van der Waals surface area contributed by atoms with E-state index in [0.717, 1.165) is 37.4 Å². The number of benzene rings is 1. The van der Waals surface area contributed by atoms with Gasteiger partial charge in [-0.05, 0) is 17.7 Å². The topological polar surface area (TPSA) is 55.9 Å². The van der Waals surface area contributed by atoms with Gasteiger partial charge in [-0.2, -0.15) is 0 Å². The summed E-state index contributed by atoms with van der Waals surface area (Å²) in [5, 5.41) is 3.36. The van der Waals surface area contributed by atoms with Gasteiger partial charge in [-0.25, -0.2) is 4.98 Å². The van der Waals surface area contributed by atoms with Crippen molar-refractivity contribution in [2.75, 3.05) is 12.3 Å². The second kappa shape index (κ2) is 4.46. The smallest absolute Gasteiger partial charge is 0.113 e. The van der Waals surface area contributed by atoms with Crippen LogP contribution >= 0.6 is 0 Å². The van der Waals surface area contributed by atoms with Crippen molar-refractivity contribution in [1.29, 1.82) is 0 Å². The van der Waals surface area contributed by atoms with Gasteiger partial charge in [0.05, 0.1) is 5.69 Å². The predicted molar refractivity (Wildman–Crippen MR) is 72.3 cm³/mol. The SMILES string of the molecule is Cn1c(Cc2cccc(N)c2)nc2c1CCNC2. The Kier molecular flexibility index (Phi) is 2.80. The number of nitrogen functional groups attached to an aromatic ring is 1. The molecule has 0 fully saturated rings. The van der Waals surface area contributed by atoms with Crippen molar-refractivity contribution in [3.05, 3.63) is 47.0 Å². The molecule has 0 saturated carbocycles. The Morgan fingerprint density at radius 3 is 3.11 bits per heavy atom. The van der Waals surface area contributed by atoms with Gasteiger partial charge in [0.1, 0.15) is 5.82 Å². The lowest BCUT2D eigenvalue weighted by molar-refractivity contribution is 0.610. The predicted octanol–water partition coefficient (Wildman–Crippen LogP) is 1.24. The largest absolute Gasteiger partial charge is 0.399 e. The van der Waals surface area contributed by atoms with Gasteiger partial charge in [-0.3, -0.25) is 0 Å². The highest BCUT2D eigenvalue weighted by Gasteiger charge is 2.17. The first-order valence-corrected chi connectivity index (χ1v) is 6.32. The van der Waals surface area contributed by atoms with E-state index < -0.39 is 0 Å². The third-order valence-corrected chi connectivity index (χ3v) is 3.53. The summed E-state index contributed by atoms with van der Waals surface area (Å²) in [6.07, 6.45) is 1.91. The number of hydrogen-bond donors (Lipinski definition) is 2. The molecule has 1 aromatic carbocycles. The van der Waals surface area contributed by atoms with E-state index in [4.69, 9.17) is 10.7 Å². The van der Waals surface area contributed by atoms with Crippen LogP contribution in [0.5, 0.6) is 0 Å². The summed E-state index contributed by atoms with van der Waals surface area (Å²) < 4.78 is 2.24. The zero-order valence-corrected chi connectivity index (χ0v) is 10.6. The molecule has 4 heteroatoms. The molecule has 0 radical (unpaired) electrons. The molecule has 2 heterocycles. The van der Waals surface area contributed by atoms with Gasteiger partial charge in [-0.1, -0.05) is 12.1 Å². The van der Waals surface area contributed by atoms with Crippen LogP contribution in [0.25, 0.3) is 0 Å². The summed E-state index contributed by atoms with van der Waals surface area (Å²) in [4.78, 5) is 4.73. The molecule has 2 aromatic rings. The first-order chi connectivity index (χ1) is 8.74. The zero-order valence-electron chi connectivity index (χ0n) is 10.6. The summed E-state index contributed by atoms with van der Waals surface area (Å²) in [7, 11) is 2.11. The fourth-order valence-electron chi connectivity index (χ4n) is 2.56. The van der Waals surface area contributed by atoms with Crippen molar-refractivity contribution in [2.24, 2.45) is 7.05 Å². The number of rotatable bonds is 2. The monoisotopic (exact) mass is 242 g/mol. The van der Waals surface area contributed by atoms with E-state index in [0.29, 0.717) is 0 Å². The van der Waals surface area contributed by atoms with Crippen LogP contribution in [0.1, 0.15) is 22.8 Å². The quantitative estimate of drug-likeness (QED) is 0.779. The Balaban J connectivity index is 1.91. The number of nitrogens with zero attached hydrogens (tertiary/aromatic N) is 2. The summed E-state index contributed by atoms with van der Waals surface area (Å²) in [5.74, 6) is 1.12. The van der Waals surface area contributed by atoms with Crippen LogP contribution in [0, 0.1) is 0 Å². The minimum atomic E-state index is 0.813. The molecule has 0 saturated heterocycles. The molecule has 1 aromatic heterocycles. The van der Waals surface area contributed by atoms with Gasteiger partial charge in [0.2, 0.25) is 0 Å². The van der Waals surface area contributed by atoms with Gasteiger partial charge in [0.25, 0.3) is 0 Å². The second-order valence-electron chi connectivity index (χ2n) is 4.83. The van der Waals surface area contributed by atoms with Gasteiger partial charge in [0, 0.05) is 44.4 Å². The van der Waals surface area contributed by atoms with Crippen molar-refractivity contribution in [1.82, 2.24) is 14.9 Å². The molecular weight excluding hydrogens is 224 g/mol. The van der Waals surface area contributed by atoms with Crippen molar-refractivity contribution in [3.8, 4) is 0 Å². The summed E-state index contributed by atoms with van der Waals surface area (Å²) >= 11 is 0. The van der Waals surface area contributed by atoms with Gasteiger partial charge < -0.3 is 15.6 Å². The summed E-state index contributed by atoms with van der Waals surface area (Å²) in [6.45, 7) is 1.93. The van der Waals surface area contributed by atoms with Crippen LogP contribution in [0.3, 0.4) is 0 Å². The highest BCUT2D eigenvalue weighted by molar-refractivity contribution is 5.41. The average molecular weight is 242 g/mol. The van der Waals surface area contributed by atoms with Crippen LogP contribution in [0.4, 0.5) is 5.69 Å². The van der Waals surface area contributed by atoms with Crippen molar-refractivity contribution < 1.29 is 0 Å². The third kappa shape index (κ3) is 1.99. The standard InChI is InChI=1S/C14H18N4/c1-18-13-5-6-16-9-12(13)17-14(18)8-10-3-2-4-11(15)7-10/h2-4,7,16H,5-6,8-9,15H2,1H3. The molecule has 3 rings (SSSR count). The van der Waals surface area contributed by atoms with Crippen LogP contribution in [-0.2, 0) is 26.4 Å². The Labute approximate surface area is 107 Å². The molecule has 1 aliphatic heterocycles. The maximum absolute atomic E-state index is 5.81. The zero-order chi connectivity index (χ0) is 12.5. The average Bonchev–Trinajstić information content (AvgIpc) is 2.67. The van der Waals surface area contributed by atoms with Gasteiger partial charge >= 0.3 is 0 Å². The van der Waals surface area contributed by atoms with E-state index in [2.05, 4.69) is 23.0 Å². The number of anilines is 1. The number of aromatic nitrogens is 2. The fourth-order valence-corrected chi connectivity index (χ4v) is 2.56. The van der Waals surface area contributed by atoms with Crippen LogP contribution in [0.15, 0.2) is 24.3 Å². The molecule has 94 valence electrons. The molecule has 0 atom stereocenters. The molecule has 3 N–H and O–H groups in total. The minimum absolute atomic E-state index is 0.813. The van der Waals surface area contributed by atoms with Crippen LogP contribution in [-0.4, -0.2) is 16.1 Å². The maximum atomic E-state index is 5.81. The van der Waals surface area contributed by atoms with Crippen molar-refractivity contribution in [2.45, 2.75) is 19.4 Å². The Hall–Kier alpha value is -1.81. The lowest BCUT2D eigenvalue weighted by Crippen LogP contribution is -2.24. The fraction of sp³-hybridized carbons (Fsp3) is 0.357. The number of nitrogens with one attached hydrogen (secondary N) is 1. The molecule has 1 aliphatic rings. The lowest BCUT2D eigenvalue weighted by atomic mass is 10.1. The van der Waals surface area contributed by atoms with E-state index >= 15 is 0 Å². The van der Waals surface area contributed by atoms with Crippen LogP contribution < -0.4 is 11.1 Å². The summed E-state index contributed by atoms with van der Waals surface area (Å²) in [6, 6.07) is 8.03. The Morgan fingerprint density at radius 2 is 2.33 bits per heavy atom. The molecule has 0 unspecified atom stereocenters. The van der Waals surface area contributed by atoms with E-state index in [1.165, 1.54) is 17.0 Å². The Morgan fingerprint density at radius 1 is 1.44 bits per heavy atom. The van der Waals surface area contributed by atoms with E-state index in [1.807, 2.05) is 18.2 Å². The first kappa shape index (κ1) is 11.3. The first-order valence-electron chi connectivity index (χ1n) is 6.32. The lowest BCUT2D eigenvalue weighted by Gasteiger charge is -2.13. The van der Waals surface area contributed by atoms with Gasteiger partial charge in [-0.15, -0.1) is 0 Å². The number of imidazole rings is 1. The van der Waals surface area contributed by atoms with Crippen molar-refractivity contribution >= 4 is 5.69 Å². The highest BCUT2D eigenvalue weighted by atomic mass is 15.1. The molecule has 0 spiro atoms. The third-order valence-electron chi connectivity index (χ3n) is 3.53. The summed E-state index contributed by atoms with van der Waals surface area (Å²) in [5.41, 5.74) is 10.4. The van der Waals surface area contributed by atoms with Gasteiger partial charge in [0.15, 0.2) is 0 Å². The molecule has 18 heavy (non-hydrogen) atoms. The minimum Gasteiger partial charge on any atom is -0.399 e. The van der Waals surface area contributed by atoms with E-state index in [-0.39, 0.29) is 0 Å². The number of fused-ring (bicyclic) bond motifs is 1. The number of nitrogens with two attached hydrogens (primary N) is 1. The normalized spacial score (nSPS) is 14.5. The second-order valence-corrected chi connectivity index (χ2v) is 4.83. The number of hydrogen-bond acceptors (Lipinski definition) is 3. The van der Waals surface area contributed by atoms with Crippen molar-refractivity contribution in [3.63, 3.8) is 0 Å². The molecule has 0 bridgehead atoms. The molecular formula is C14H18N4. The van der Waals surface area contributed by atoms with E-state index in [9.17, 15) is 0 Å². The highest BCUT2D eigenvalue weighted by Crippen LogP contribution is 2.18. The molecule has 0 aliphatic carbocycles. The Bertz CT molecular complexity index is 571. The molecule has 0 amide bonds. The maximum Gasteiger partial charge on any atom is 0.113 e. The van der Waals surface area contributed by atoms with E-state index in [1.54, 1.807) is 0 Å².